The van der Waals surface area contributed by atoms with Gasteiger partial charge in [-0.25, -0.2) is 9.67 Å². The molecule has 2 rings (SSSR count). The normalized spacial score (nSPS) is 10.9. The maximum Gasteiger partial charge on any atom is 0.147 e. The summed E-state index contributed by atoms with van der Waals surface area (Å²) in [6, 6.07) is 8.64. The molecule has 0 fully saturated rings. The average molecular weight is 258 g/mol. The van der Waals surface area contributed by atoms with Gasteiger partial charge in [0.1, 0.15) is 11.6 Å². The van der Waals surface area contributed by atoms with E-state index in [1.54, 1.807) is 0 Å². The predicted molar refractivity (Wildman–Crippen MR) is 77.0 cm³/mol. The van der Waals surface area contributed by atoms with Gasteiger partial charge < -0.3 is 5.32 Å². The SMILES string of the molecule is CCCNCc1cccc(Cn2nc(C)nc2C)c1. The van der Waals surface area contributed by atoms with Crippen molar-refractivity contribution < 1.29 is 0 Å². The Kier molecular flexibility index (Phi) is 4.68. The van der Waals surface area contributed by atoms with Crippen LogP contribution in [0.1, 0.15) is 36.1 Å². The van der Waals surface area contributed by atoms with Gasteiger partial charge in [-0.2, -0.15) is 5.10 Å². The van der Waals surface area contributed by atoms with Gasteiger partial charge in [0.2, 0.25) is 0 Å². The van der Waals surface area contributed by atoms with E-state index in [0.29, 0.717) is 0 Å². The number of nitrogens with zero attached hydrogens (tertiary/aromatic N) is 3. The zero-order valence-electron chi connectivity index (χ0n) is 12.0. The summed E-state index contributed by atoms with van der Waals surface area (Å²) in [7, 11) is 0. The lowest BCUT2D eigenvalue weighted by atomic mass is 10.1. The van der Waals surface area contributed by atoms with E-state index in [0.717, 1.165) is 37.7 Å². The summed E-state index contributed by atoms with van der Waals surface area (Å²) in [6.07, 6.45) is 1.16. The summed E-state index contributed by atoms with van der Waals surface area (Å²) in [6.45, 7) is 8.87. The molecule has 0 unspecified atom stereocenters. The van der Waals surface area contributed by atoms with Crippen LogP contribution >= 0.6 is 0 Å². The van der Waals surface area contributed by atoms with Gasteiger partial charge in [-0.3, -0.25) is 0 Å². The van der Waals surface area contributed by atoms with Crippen molar-refractivity contribution in [2.75, 3.05) is 6.54 Å². The smallest absolute Gasteiger partial charge is 0.147 e. The van der Waals surface area contributed by atoms with E-state index in [1.165, 1.54) is 11.1 Å². The van der Waals surface area contributed by atoms with Gasteiger partial charge in [0.05, 0.1) is 6.54 Å². The van der Waals surface area contributed by atoms with Crippen LogP contribution in [0, 0.1) is 13.8 Å². The average Bonchev–Trinajstić information content (AvgIpc) is 2.69. The van der Waals surface area contributed by atoms with E-state index >= 15 is 0 Å². The van der Waals surface area contributed by atoms with Crippen molar-refractivity contribution in [3.8, 4) is 0 Å². The predicted octanol–water partition coefficient (Wildman–Crippen LogP) is 2.44. The molecular weight excluding hydrogens is 236 g/mol. The Labute approximate surface area is 114 Å². The fraction of sp³-hybridized carbons (Fsp3) is 0.467. The molecular formula is C15H22N4. The molecule has 19 heavy (non-hydrogen) atoms. The molecule has 0 aliphatic rings. The highest BCUT2D eigenvalue weighted by Crippen LogP contribution is 2.08. The van der Waals surface area contributed by atoms with Gasteiger partial charge in [0, 0.05) is 6.54 Å². The first kappa shape index (κ1) is 13.7. The second-order valence-electron chi connectivity index (χ2n) is 4.86. The maximum absolute atomic E-state index is 4.40. The third-order valence-corrected chi connectivity index (χ3v) is 3.04. The first-order valence-corrected chi connectivity index (χ1v) is 6.85. The summed E-state index contributed by atoms with van der Waals surface area (Å²) in [5.41, 5.74) is 2.59. The Balaban J connectivity index is 2.04. The van der Waals surface area contributed by atoms with Crippen LogP contribution in [0.15, 0.2) is 24.3 Å². The van der Waals surface area contributed by atoms with Gasteiger partial charge in [0.15, 0.2) is 0 Å². The number of aryl methyl sites for hydroxylation is 2. The number of nitrogens with one attached hydrogen (secondary N) is 1. The zero-order chi connectivity index (χ0) is 13.7. The highest BCUT2D eigenvalue weighted by atomic mass is 15.3. The summed E-state index contributed by atoms with van der Waals surface area (Å²) < 4.78 is 1.95. The molecule has 0 radical (unpaired) electrons. The summed E-state index contributed by atoms with van der Waals surface area (Å²) in [4.78, 5) is 4.33. The second-order valence-corrected chi connectivity index (χ2v) is 4.86. The van der Waals surface area contributed by atoms with E-state index in [1.807, 2.05) is 18.5 Å². The molecule has 1 heterocycles. The Bertz CT molecular complexity index is 531. The van der Waals surface area contributed by atoms with E-state index in [9.17, 15) is 0 Å². The fourth-order valence-electron chi connectivity index (χ4n) is 2.13. The molecule has 0 amide bonds. The van der Waals surface area contributed by atoms with Crippen molar-refractivity contribution in [1.82, 2.24) is 20.1 Å². The minimum Gasteiger partial charge on any atom is -0.313 e. The van der Waals surface area contributed by atoms with Crippen molar-refractivity contribution in [1.29, 1.82) is 0 Å². The lowest BCUT2D eigenvalue weighted by Gasteiger charge is -2.07. The topological polar surface area (TPSA) is 42.7 Å². The third kappa shape index (κ3) is 3.89. The number of benzene rings is 1. The largest absolute Gasteiger partial charge is 0.313 e. The molecule has 1 N–H and O–H groups in total. The molecule has 1 aromatic heterocycles. The molecule has 2 aromatic rings. The number of aromatic nitrogens is 3. The van der Waals surface area contributed by atoms with Crippen molar-refractivity contribution in [2.24, 2.45) is 0 Å². The molecule has 4 heteroatoms. The van der Waals surface area contributed by atoms with Crippen LogP contribution < -0.4 is 5.32 Å². The Hall–Kier alpha value is -1.68. The number of hydrogen-bond acceptors (Lipinski definition) is 3. The van der Waals surface area contributed by atoms with Gasteiger partial charge >= 0.3 is 0 Å². The van der Waals surface area contributed by atoms with Crippen LogP contribution in [-0.2, 0) is 13.1 Å². The minimum atomic E-state index is 0.786. The molecule has 1 aromatic carbocycles. The number of rotatable bonds is 6. The molecule has 0 saturated carbocycles. The van der Waals surface area contributed by atoms with Crippen molar-refractivity contribution >= 4 is 0 Å². The number of hydrogen-bond donors (Lipinski definition) is 1. The highest BCUT2D eigenvalue weighted by Gasteiger charge is 2.03. The quantitative estimate of drug-likeness (QED) is 0.809. The van der Waals surface area contributed by atoms with E-state index in [4.69, 9.17) is 0 Å². The second kappa shape index (κ2) is 6.48. The highest BCUT2D eigenvalue weighted by molar-refractivity contribution is 5.23. The maximum atomic E-state index is 4.40. The molecule has 0 aliphatic heterocycles. The molecule has 102 valence electrons. The Morgan fingerprint density at radius 1 is 1.21 bits per heavy atom. The van der Waals surface area contributed by atoms with E-state index < -0.39 is 0 Å². The Morgan fingerprint density at radius 3 is 2.68 bits per heavy atom. The standard InChI is InChI=1S/C15H22N4/c1-4-8-16-10-14-6-5-7-15(9-14)11-19-13(3)17-12(2)18-19/h5-7,9,16H,4,8,10-11H2,1-3H3. The summed E-state index contributed by atoms with van der Waals surface area (Å²) in [5, 5.41) is 7.82. The summed E-state index contributed by atoms with van der Waals surface area (Å²) >= 11 is 0. The fourth-order valence-corrected chi connectivity index (χ4v) is 2.13. The van der Waals surface area contributed by atoms with Gasteiger partial charge in [-0.1, -0.05) is 31.2 Å². The van der Waals surface area contributed by atoms with Crippen LogP contribution in [0.3, 0.4) is 0 Å². The van der Waals surface area contributed by atoms with Gasteiger partial charge in [-0.05, 0) is 37.9 Å². The molecule has 0 bridgehead atoms. The molecule has 4 nitrogen and oxygen atoms in total. The van der Waals surface area contributed by atoms with Gasteiger partial charge in [0.25, 0.3) is 0 Å². The van der Waals surface area contributed by atoms with Crippen LogP contribution in [0.25, 0.3) is 0 Å². The van der Waals surface area contributed by atoms with Gasteiger partial charge in [-0.15, -0.1) is 0 Å². The minimum absolute atomic E-state index is 0.786. The first-order chi connectivity index (χ1) is 9.19. The molecule has 0 aliphatic carbocycles. The molecule has 0 spiro atoms. The zero-order valence-corrected chi connectivity index (χ0v) is 12.0. The van der Waals surface area contributed by atoms with Crippen molar-refractivity contribution in [2.45, 2.75) is 40.3 Å². The van der Waals surface area contributed by atoms with Crippen molar-refractivity contribution in [3.63, 3.8) is 0 Å². The Morgan fingerprint density at radius 2 is 2.00 bits per heavy atom. The van der Waals surface area contributed by atoms with Crippen LogP contribution in [-0.4, -0.2) is 21.3 Å². The third-order valence-electron chi connectivity index (χ3n) is 3.04. The summed E-state index contributed by atoms with van der Waals surface area (Å²) in [5.74, 6) is 1.80. The van der Waals surface area contributed by atoms with E-state index in [2.05, 4.69) is 46.6 Å². The first-order valence-electron chi connectivity index (χ1n) is 6.85. The van der Waals surface area contributed by atoms with Crippen LogP contribution in [0.2, 0.25) is 0 Å². The van der Waals surface area contributed by atoms with Crippen LogP contribution in [0.5, 0.6) is 0 Å². The molecule has 0 saturated heterocycles. The lowest BCUT2D eigenvalue weighted by Crippen LogP contribution is -2.14. The van der Waals surface area contributed by atoms with E-state index in [-0.39, 0.29) is 0 Å². The lowest BCUT2D eigenvalue weighted by molar-refractivity contribution is 0.651. The monoisotopic (exact) mass is 258 g/mol. The molecule has 0 atom stereocenters. The van der Waals surface area contributed by atoms with Crippen molar-refractivity contribution in [3.05, 3.63) is 47.0 Å². The van der Waals surface area contributed by atoms with Crippen LogP contribution in [0.4, 0.5) is 0 Å².